The van der Waals surface area contributed by atoms with E-state index in [0.717, 1.165) is 17.8 Å². The molecule has 0 unspecified atom stereocenters. The van der Waals surface area contributed by atoms with Crippen molar-refractivity contribution in [2.75, 3.05) is 6.54 Å². The first-order valence-electron chi connectivity index (χ1n) is 8.24. The molecule has 0 aromatic carbocycles. The fourth-order valence-corrected chi connectivity index (χ4v) is 3.53. The number of carbonyl (C=O) groups is 2. The maximum atomic E-state index is 12.6. The molecule has 0 saturated carbocycles. The zero-order valence-corrected chi connectivity index (χ0v) is 15.1. The van der Waals surface area contributed by atoms with Crippen LogP contribution in [0.2, 0.25) is 0 Å². The molecule has 1 fully saturated rings. The predicted octanol–water partition coefficient (Wildman–Crippen LogP) is 2.47. The van der Waals surface area contributed by atoms with E-state index in [1.165, 1.54) is 4.88 Å². The monoisotopic (exact) mass is 338 g/mol. The van der Waals surface area contributed by atoms with Gasteiger partial charge in [0.05, 0.1) is 6.04 Å². The normalized spacial score (nSPS) is 19.0. The molecule has 1 aliphatic heterocycles. The Labute approximate surface area is 141 Å². The van der Waals surface area contributed by atoms with Crippen molar-refractivity contribution in [3.05, 3.63) is 16.1 Å². The molecule has 1 aromatic rings. The standard InChI is InChI=1S/C16H26N4O2S/c1-5-12-9-17-15(23-12)11(4)19-14(21)13-7-6-8-20(13)16(22)18-10(2)3/h9-11,13H,5-8H2,1-4H3,(H,18,22)(H,19,21)/t11-,13+/m1/s1. The summed E-state index contributed by atoms with van der Waals surface area (Å²) in [5.41, 5.74) is 0. The molecule has 7 heteroatoms. The van der Waals surface area contributed by atoms with Gasteiger partial charge < -0.3 is 15.5 Å². The van der Waals surface area contributed by atoms with Gasteiger partial charge in [-0.2, -0.15) is 0 Å². The molecule has 23 heavy (non-hydrogen) atoms. The van der Waals surface area contributed by atoms with Gasteiger partial charge in [0.15, 0.2) is 0 Å². The fraction of sp³-hybridized carbons (Fsp3) is 0.688. The van der Waals surface area contributed by atoms with E-state index >= 15 is 0 Å². The minimum Gasteiger partial charge on any atom is -0.345 e. The van der Waals surface area contributed by atoms with Gasteiger partial charge in [0, 0.05) is 23.7 Å². The average molecular weight is 338 g/mol. The zero-order chi connectivity index (χ0) is 17.0. The Bertz CT molecular complexity index is 558. The SMILES string of the molecule is CCc1cnc([C@@H](C)NC(=O)[C@@H]2CCCN2C(=O)NC(C)C)s1. The second-order valence-electron chi connectivity index (χ2n) is 6.20. The Morgan fingerprint density at radius 1 is 1.39 bits per heavy atom. The first kappa shape index (κ1) is 17.7. The smallest absolute Gasteiger partial charge is 0.318 e. The topological polar surface area (TPSA) is 74.3 Å². The molecule has 128 valence electrons. The average Bonchev–Trinajstić information content (AvgIpc) is 3.15. The Kier molecular flexibility index (Phi) is 5.98. The van der Waals surface area contributed by atoms with Crippen LogP contribution in [0.1, 0.15) is 56.5 Å². The summed E-state index contributed by atoms with van der Waals surface area (Å²) in [5.74, 6) is -0.0952. The number of hydrogen-bond donors (Lipinski definition) is 2. The van der Waals surface area contributed by atoms with Gasteiger partial charge in [-0.3, -0.25) is 4.79 Å². The molecule has 0 spiro atoms. The van der Waals surface area contributed by atoms with Crippen molar-refractivity contribution < 1.29 is 9.59 Å². The van der Waals surface area contributed by atoms with Crippen LogP contribution in [-0.4, -0.2) is 40.5 Å². The van der Waals surface area contributed by atoms with E-state index in [4.69, 9.17) is 0 Å². The molecule has 0 bridgehead atoms. The number of carbonyl (C=O) groups excluding carboxylic acids is 2. The number of aromatic nitrogens is 1. The quantitative estimate of drug-likeness (QED) is 0.866. The Hall–Kier alpha value is -1.63. The summed E-state index contributed by atoms with van der Waals surface area (Å²) in [6.07, 6.45) is 4.38. The van der Waals surface area contributed by atoms with Crippen LogP contribution in [0.25, 0.3) is 0 Å². The molecule has 6 nitrogen and oxygen atoms in total. The van der Waals surface area contributed by atoms with Gasteiger partial charge in [0.1, 0.15) is 11.0 Å². The molecule has 1 aromatic heterocycles. The Balaban J connectivity index is 1.97. The van der Waals surface area contributed by atoms with Crippen LogP contribution in [0.4, 0.5) is 4.79 Å². The third kappa shape index (κ3) is 4.43. The first-order valence-corrected chi connectivity index (χ1v) is 9.06. The van der Waals surface area contributed by atoms with Gasteiger partial charge in [0.25, 0.3) is 0 Å². The van der Waals surface area contributed by atoms with Crippen molar-refractivity contribution in [3.8, 4) is 0 Å². The third-order valence-corrected chi connectivity index (χ3v) is 5.20. The highest BCUT2D eigenvalue weighted by Crippen LogP contribution is 2.22. The van der Waals surface area contributed by atoms with Crippen molar-refractivity contribution in [3.63, 3.8) is 0 Å². The number of aryl methyl sites for hydroxylation is 1. The number of nitrogens with one attached hydrogen (secondary N) is 2. The first-order chi connectivity index (χ1) is 10.9. The van der Waals surface area contributed by atoms with Crippen LogP contribution < -0.4 is 10.6 Å². The van der Waals surface area contributed by atoms with Crippen LogP contribution in [0.15, 0.2) is 6.20 Å². The lowest BCUT2D eigenvalue weighted by Gasteiger charge is -2.26. The van der Waals surface area contributed by atoms with E-state index in [-0.39, 0.29) is 30.1 Å². The lowest BCUT2D eigenvalue weighted by molar-refractivity contribution is -0.125. The van der Waals surface area contributed by atoms with Crippen molar-refractivity contribution in [1.29, 1.82) is 0 Å². The van der Waals surface area contributed by atoms with E-state index < -0.39 is 0 Å². The molecule has 2 N–H and O–H groups in total. The molecular formula is C16H26N4O2S. The molecule has 0 aliphatic carbocycles. The largest absolute Gasteiger partial charge is 0.345 e. The lowest BCUT2D eigenvalue weighted by Crippen LogP contribution is -2.51. The highest BCUT2D eigenvalue weighted by Gasteiger charge is 2.35. The minimum absolute atomic E-state index is 0.0634. The van der Waals surface area contributed by atoms with Crippen LogP contribution in [0.5, 0.6) is 0 Å². The third-order valence-electron chi connectivity index (χ3n) is 3.88. The second kappa shape index (κ2) is 7.77. The molecule has 0 radical (unpaired) electrons. The molecular weight excluding hydrogens is 312 g/mol. The van der Waals surface area contributed by atoms with Crippen molar-refractivity contribution in [2.24, 2.45) is 0 Å². The fourth-order valence-electron chi connectivity index (χ4n) is 2.67. The van der Waals surface area contributed by atoms with Crippen LogP contribution in [-0.2, 0) is 11.2 Å². The summed E-state index contributed by atoms with van der Waals surface area (Å²) < 4.78 is 0. The summed E-state index contributed by atoms with van der Waals surface area (Å²) in [4.78, 5) is 32.0. The number of amides is 3. The molecule has 2 heterocycles. The Morgan fingerprint density at radius 2 is 2.13 bits per heavy atom. The van der Waals surface area contributed by atoms with Crippen LogP contribution >= 0.6 is 11.3 Å². The van der Waals surface area contributed by atoms with Crippen LogP contribution in [0.3, 0.4) is 0 Å². The van der Waals surface area contributed by atoms with E-state index in [1.54, 1.807) is 16.2 Å². The van der Waals surface area contributed by atoms with Crippen molar-refractivity contribution in [2.45, 2.75) is 65.1 Å². The van der Waals surface area contributed by atoms with Gasteiger partial charge >= 0.3 is 6.03 Å². The van der Waals surface area contributed by atoms with E-state index in [9.17, 15) is 9.59 Å². The van der Waals surface area contributed by atoms with Crippen molar-refractivity contribution in [1.82, 2.24) is 20.5 Å². The van der Waals surface area contributed by atoms with Gasteiger partial charge in [-0.25, -0.2) is 9.78 Å². The molecule has 1 aliphatic rings. The number of hydrogen-bond acceptors (Lipinski definition) is 4. The van der Waals surface area contributed by atoms with E-state index in [0.29, 0.717) is 13.0 Å². The number of likely N-dealkylation sites (tertiary alicyclic amines) is 1. The maximum Gasteiger partial charge on any atom is 0.318 e. The summed E-state index contributed by atoms with van der Waals surface area (Å²) in [6, 6.07) is -0.619. The van der Waals surface area contributed by atoms with Gasteiger partial charge in [-0.1, -0.05) is 6.92 Å². The number of rotatable bonds is 5. The summed E-state index contributed by atoms with van der Waals surface area (Å²) in [6.45, 7) is 8.48. The summed E-state index contributed by atoms with van der Waals surface area (Å²) in [7, 11) is 0. The van der Waals surface area contributed by atoms with E-state index in [1.807, 2.05) is 27.0 Å². The number of thiazole rings is 1. The highest BCUT2D eigenvalue weighted by atomic mass is 32.1. The zero-order valence-electron chi connectivity index (χ0n) is 14.3. The molecule has 3 amide bonds. The van der Waals surface area contributed by atoms with Gasteiger partial charge in [0.2, 0.25) is 5.91 Å². The minimum atomic E-state index is -0.387. The molecule has 2 rings (SSSR count). The summed E-state index contributed by atoms with van der Waals surface area (Å²) >= 11 is 1.62. The molecule has 1 saturated heterocycles. The number of nitrogens with zero attached hydrogens (tertiary/aromatic N) is 2. The number of urea groups is 1. The second-order valence-corrected chi connectivity index (χ2v) is 7.35. The van der Waals surface area contributed by atoms with Gasteiger partial charge in [-0.15, -0.1) is 11.3 Å². The van der Waals surface area contributed by atoms with E-state index in [2.05, 4.69) is 22.5 Å². The lowest BCUT2D eigenvalue weighted by atomic mass is 10.2. The van der Waals surface area contributed by atoms with Gasteiger partial charge in [-0.05, 0) is 40.0 Å². The Morgan fingerprint density at radius 3 is 2.74 bits per heavy atom. The highest BCUT2D eigenvalue weighted by molar-refractivity contribution is 7.11. The van der Waals surface area contributed by atoms with Crippen molar-refractivity contribution >= 4 is 23.3 Å². The molecule has 2 atom stereocenters. The summed E-state index contributed by atoms with van der Waals surface area (Å²) in [5, 5.41) is 6.77. The maximum absolute atomic E-state index is 12.6. The predicted molar refractivity (Wildman–Crippen MR) is 91.4 cm³/mol. The van der Waals surface area contributed by atoms with Crippen LogP contribution in [0, 0.1) is 0 Å².